The lowest BCUT2D eigenvalue weighted by Gasteiger charge is -2.37. The monoisotopic (exact) mass is 492 g/mol. The number of fused-ring (bicyclic) bond motifs is 2. The topological polar surface area (TPSA) is 86.6 Å². The summed E-state index contributed by atoms with van der Waals surface area (Å²) in [6.07, 6.45) is 4.37. The molecular formula is C27H29ClN4O3. The molecule has 2 saturated heterocycles. The summed E-state index contributed by atoms with van der Waals surface area (Å²) in [5, 5.41) is 9.62. The Labute approximate surface area is 209 Å². The molecule has 2 aromatic carbocycles. The highest BCUT2D eigenvalue weighted by Gasteiger charge is 2.32. The molecule has 7 nitrogen and oxygen atoms in total. The largest absolute Gasteiger partial charge is 0.481 e. The van der Waals surface area contributed by atoms with Crippen molar-refractivity contribution in [1.29, 1.82) is 0 Å². The van der Waals surface area contributed by atoms with Gasteiger partial charge in [0.2, 0.25) is 0 Å². The highest BCUT2D eigenvalue weighted by Crippen LogP contribution is 2.28. The minimum Gasteiger partial charge on any atom is -0.481 e. The van der Waals surface area contributed by atoms with Gasteiger partial charge in [0.1, 0.15) is 0 Å². The summed E-state index contributed by atoms with van der Waals surface area (Å²) in [4.78, 5) is 38.5. The van der Waals surface area contributed by atoms with Gasteiger partial charge in [-0.3, -0.25) is 14.5 Å². The molecule has 0 spiro atoms. The molecule has 0 radical (unpaired) electrons. The van der Waals surface area contributed by atoms with E-state index < -0.39 is 5.97 Å². The van der Waals surface area contributed by atoms with Gasteiger partial charge in [-0.2, -0.15) is 0 Å². The summed E-state index contributed by atoms with van der Waals surface area (Å²) in [7, 11) is 0. The van der Waals surface area contributed by atoms with Gasteiger partial charge in [-0.05, 0) is 69.0 Å². The Kier molecular flexibility index (Phi) is 6.97. The normalized spacial score (nSPS) is 18.1. The SMILES string of the molecule is O=C(O)CCCCc1nc2cc(C(=O)N3CCN4CCCC4C3)ccc2nc1-c1ccc(Cl)cc1. The van der Waals surface area contributed by atoms with Gasteiger partial charge >= 0.3 is 5.97 Å². The molecule has 0 aliphatic carbocycles. The Morgan fingerprint density at radius 3 is 2.63 bits per heavy atom. The third-order valence-corrected chi connectivity index (χ3v) is 7.28. The lowest BCUT2D eigenvalue weighted by atomic mass is 10.0. The van der Waals surface area contributed by atoms with Crippen LogP contribution in [0.1, 0.15) is 48.2 Å². The number of aryl methyl sites for hydroxylation is 1. The van der Waals surface area contributed by atoms with Gasteiger partial charge in [0.15, 0.2) is 0 Å². The van der Waals surface area contributed by atoms with E-state index in [4.69, 9.17) is 26.7 Å². The maximum Gasteiger partial charge on any atom is 0.303 e. The number of hydrogen-bond donors (Lipinski definition) is 1. The van der Waals surface area contributed by atoms with Crippen molar-refractivity contribution in [3.8, 4) is 11.3 Å². The number of carbonyl (C=O) groups is 2. The van der Waals surface area contributed by atoms with Crippen LogP contribution in [0.3, 0.4) is 0 Å². The summed E-state index contributed by atoms with van der Waals surface area (Å²) in [6.45, 7) is 3.62. The van der Waals surface area contributed by atoms with E-state index in [1.54, 1.807) is 0 Å². The van der Waals surface area contributed by atoms with Crippen LogP contribution in [0.4, 0.5) is 0 Å². The van der Waals surface area contributed by atoms with Crippen LogP contribution in [0.15, 0.2) is 42.5 Å². The van der Waals surface area contributed by atoms with Gasteiger partial charge in [-0.1, -0.05) is 23.7 Å². The molecule has 3 heterocycles. The summed E-state index contributed by atoms with van der Waals surface area (Å²) in [6, 6.07) is 13.5. The molecule has 2 aliphatic rings. The Morgan fingerprint density at radius 1 is 1.00 bits per heavy atom. The standard InChI is InChI=1S/C27H29ClN4O3/c28-20-10-7-18(8-11-20)26-23(5-1-2-6-25(33)34)29-24-16-19(9-12-22(24)30-26)27(35)32-15-14-31-13-3-4-21(31)17-32/h7-12,16,21H,1-6,13-15,17H2,(H,33,34). The molecule has 0 bridgehead atoms. The third-order valence-electron chi connectivity index (χ3n) is 7.03. The Bertz CT molecular complexity index is 1250. The number of piperazine rings is 1. The number of aromatic nitrogens is 2. The number of hydrogen-bond acceptors (Lipinski definition) is 5. The van der Waals surface area contributed by atoms with E-state index in [0.717, 1.165) is 55.1 Å². The maximum absolute atomic E-state index is 13.3. The van der Waals surface area contributed by atoms with E-state index in [-0.39, 0.29) is 12.3 Å². The number of carbonyl (C=O) groups excluding carboxylic acids is 1. The van der Waals surface area contributed by atoms with Crippen molar-refractivity contribution in [1.82, 2.24) is 19.8 Å². The molecule has 2 fully saturated rings. The predicted molar refractivity (Wildman–Crippen MR) is 136 cm³/mol. The molecular weight excluding hydrogens is 464 g/mol. The Balaban J connectivity index is 1.43. The van der Waals surface area contributed by atoms with Crippen LogP contribution >= 0.6 is 11.6 Å². The lowest BCUT2D eigenvalue weighted by molar-refractivity contribution is -0.137. The van der Waals surface area contributed by atoms with E-state index >= 15 is 0 Å². The average Bonchev–Trinajstić information content (AvgIpc) is 3.34. The van der Waals surface area contributed by atoms with Crippen LogP contribution < -0.4 is 0 Å². The molecule has 1 atom stereocenters. The number of unbranched alkanes of at least 4 members (excludes halogenated alkanes) is 1. The van der Waals surface area contributed by atoms with Gasteiger partial charge in [0.25, 0.3) is 5.91 Å². The van der Waals surface area contributed by atoms with Crippen molar-refractivity contribution in [3.05, 3.63) is 58.7 Å². The number of amides is 1. The summed E-state index contributed by atoms with van der Waals surface area (Å²) in [5.41, 5.74) is 4.51. The van der Waals surface area contributed by atoms with Gasteiger partial charge in [-0.15, -0.1) is 0 Å². The van der Waals surface area contributed by atoms with E-state index in [0.29, 0.717) is 41.4 Å². The van der Waals surface area contributed by atoms with Gasteiger partial charge in [0, 0.05) is 48.2 Å². The number of rotatable bonds is 7. The molecule has 35 heavy (non-hydrogen) atoms. The van der Waals surface area contributed by atoms with Gasteiger partial charge < -0.3 is 10.0 Å². The second kappa shape index (κ2) is 10.3. The van der Waals surface area contributed by atoms with Crippen LogP contribution in [0, 0.1) is 0 Å². The van der Waals surface area contributed by atoms with Gasteiger partial charge in [-0.25, -0.2) is 9.97 Å². The number of benzene rings is 2. The van der Waals surface area contributed by atoms with Crippen LogP contribution in [-0.4, -0.2) is 69.0 Å². The summed E-state index contributed by atoms with van der Waals surface area (Å²) >= 11 is 6.08. The molecule has 2 aliphatic heterocycles. The number of carboxylic acids is 1. The molecule has 1 amide bonds. The van der Waals surface area contributed by atoms with Crippen molar-refractivity contribution >= 4 is 34.5 Å². The van der Waals surface area contributed by atoms with Crippen LogP contribution in [0.2, 0.25) is 5.02 Å². The first-order valence-corrected chi connectivity index (χ1v) is 12.7. The molecule has 5 rings (SSSR count). The molecule has 1 N–H and O–H groups in total. The van der Waals surface area contributed by atoms with E-state index in [9.17, 15) is 9.59 Å². The second-order valence-electron chi connectivity index (χ2n) is 9.41. The number of halogens is 1. The van der Waals surface area contributed by atoms with E-state index in [1.807, 2.05) is 47.4 Å². The highest BCUT2D eigenvalue weighted by molar-refractivity contribution is 6.30. The Morgan fingerprint density at radius 2 is 1.83 bits per heavy atom. The molecule has 3 aromatic rings. The second-order valence-corrected chi connectivity index (χ2v) is 9.85. The zero-order valence-corrected chi connectivity index (χ0v) is 20.4. The summed E-state index contributed by atoms with van der Waals surface area (Å²) < 4.78 is 0. The molecule has 0 saturated carbocycles. The fraction of sp³-hybridized carbons (Fsp3) is 0.407. The van der Waals surface area contributed by atoms with Crippen LogP contribution in [-0.2, 0) is 11.2 Å². The van der Waals surface area contributed by atoms with Gasteiger partial charge in [0.05, 0.1) is 22.4 Å². The lowest BCUT2D eigenvalue weighted by Crippen LogP contribution is -2.52. The minimum atomic E-state index is -0.797. The average molecular weight is 493 g/mol. The quantitative estimate of drug-likeness (QED) is 0.482. The molecule has 1 aromatic heterocycles. The minimum absolute atomic E-state index is 0.0463. The fourth-order valence-corrected chi connectivity index (χ4v) is 5.29. The van der Waals surface area contributed by atoms with Crippen LogP contribution in [0.5, 0.6) is 0 Å². The van der Waals surface area contributed by atoms with Crippen molar-refractivity contribution < 1.29 is 14.7 Å². The number of aliphatic carboxylic acids is 1. The molecule has 8 heteroatoms. The molecule has 1 unspecified atom stereocenters. The first-order valence-electron chi connectivity index (χ1n) is 12.3. The van der Waals surface area contributed by atoms with E-state index in [2.05, 4.69) is 4.90 Å². The third kappa shape index (κ3) is 5.31. The number of carboxylic acid groups (broad SMARTS) is 1. The highest BCUT2D eigenvalue weighted by atomic mass is 35.5. The predicted octanol–water partition coefficient (Wildman–Crippen LogP) is 4.67. The maximum atomic E-state index is 13.3. The summed E-state index contributed by atoms with van der Waals surface area (Å²) in [5.74, 6) is -0.751. The fourth-order valence-electron chi connectivity index (χ4n) is 5.16. The zero-order valence-electron chi connectivity index (χ0n) is 19.6. The van der Waals surface area contributed by atoms with E-state index in [1.165, 1.54) is 6.42 Å². The van der Waals surface area contributed by atoms with Crippen LogP contribution in [0.25, 0.3) is 22.3 Å². The number of nitrogens with zero attached hydrogens (tertiary/aromatic N) is 4. The first kappa shape index (κ1) is 23.7. The first-order chi connectivity index (χ1) is 17.0. The molecule has 182 valence electrons. The van der Waals surface area contributed by atoms with Crippen molar-refractivity contribution in [2.75, 3.05) is 26.2 Å². The zero-order chi connectivity index (χ0) is 24.4. The van der Waals surface area contributed by atoms with Crippen molar-refractivity contribution in [3.63, 3.8) is 0 Å². The smallest absolute Gasteiger partial charge is 0.303 e. The Hall–Kier alpha value is -3.03. The van der Waals surface area contributed by atoms with Crippen molar-refractivity contribution in [2.45, 2.75) is 44.6 Å². The van der Waals surface area contributed by atoms with Crippen molar-refractivity contribution in [2.24, 2.45) is 0 Å².